The lowest BCUT2D eigenvalue weighted by molar-refractivity contribution is 0.0812. The van der Waals surface area contributed by atoms with Gasteiger partial charge in [0.15, 0.2) is 0 Å². The van der Waals surface area contributed by atoms with Crippen LogP contribution in [0.5, 0.6) is 0 Å². The second-order valence-corrected chi connectivity index (χ2v) is 26.8. The van der Waals surface area contributed by atoms with E-state index in [9.17, 15) is 13.2 Å². The average Bonchev–Trinajstić information content (AvgIpc) is 2.04. The van der Waals surface area contributed by atoms with E-state index >= 15 is 0 Å². The van der Waals surface area contributed by atoms with Crippen LogP contribution in [-0.2, 0) is 58.2 Å². The van der Waals surface area contributed by atoms with Gasteiger partial charge in [-0.05, 0) is 202 Å². The fraction of sp³-hybridized carbons (Fsp3) is 0.420. The Kier molecular flexibility index (Phi) is 27.9. The van der Waals surface area contributed by atoms with Gasteiger partial charge >= 0.3 is 0 Å². The van der Waals surface area contributed by atoms with Gasteiger partial charge in [-0.15, -0.1) is 0 Å². The molecule has 2 unspecified atom stereocenters. The molecule has 5 aromatic carbocycles. The quantitative estimate of drug-likeness (QED) is 0.0535. The molecule has 13 nitrogen and oxygen atoms in total. The van der Waals surface area contributed by atoms with Crippen LogP contribution in [0.15, 0.2) is 177 Å². The van der Waals surface area contributed by atoms with E-state index in [1.807, 2.05) is 49.1 Å². The Hall–Kier alpha value is -7.96. The molecule has 4 aromatic heterocycles. The molecule has 12 rings (SSSR count). The highest BCUT2D eigenvalue weighted by Crippen LogP contribution is 2.26. The summed E-state index contributed by atoms with van der Waals surface area (Å²) in [7, 11) is 2.20. The Morgan fingerprint density at radius 3 is 1.59 bits per heavy atom. The molecule has 3 saturated heterocycles. The molecule has 3 fully saturated rings. The van der Waals surface area contributed by atoms with Crippen LogP contribution in [0.4, 0.5) is 13.2 Å². The first-order chi connectivity index (χ1) is 47.4. The first-order valence-electron chi connectivity index (χ1n) is 35.5. The summed E-state index contributed by atoms with van der Waals surface area (Å²) in [6.45, 7) is 23.1. The van der Waals surface area contributed by atoms with Gasteiger partial charge in [0, 0.05) is 151 Å². The van der Waals surface area contributed by atoms with Crippen molar-refractivity contribution in [3.8, 4) is 33.8 Å². The van der Waals surface area contributed by atoms with Gasteiger partial charge in [-0.25, -0.2) is 43.1 Å². The molecule has 510 valence electrons. The molecule has 7 heterocycles. The Morgan fingerprint density at radius 2 is 1.03 bits per heavy atom. The Balaban J connectivity index is 0.000000158. The summed E-state index contributed by atoms with van der Waals surface area (Å²) in [5, 5.41) is 7.07. The summed E-state index contributed by atoms with van der Waals surface area (Å²) in [5.74, 6) is 2.65. The maximum Gasteiger partial charge on any atom is 0.128 e. The summed E-state index contributed by atoms with van der Waals surface area (Å²) >= 11 is 0. The van der Waals surface area contributed by atoms with E-state index < -0.39 is 11.6 Å². The van der Waals surface area contributed by atoms with Gasteiger partial charge in [-0.2, -0.15) is 0 Å². The monoisotopic (exact) mass is 1310 g/mol. The Labute approximate surface area is 574 Å². The van der Waals surface area contributed by atoms with E-state index in [-0.39, 0.29) is 5.82 Å². The molecule has 2 N–H and O–H groups in total. The fourth-order valence-electron chi connectivity index (χ4n) is 13.6. The van der Waals surface area contributed by atoms with Crippen LogP contribution in [0.2, 0.25) is 0 Å². The van der Waals surface area contributed by atoms with Crippen LogP contribution in [0, 0.1) is 29.3 Å². The first-order valence-corrected chi connectivity index (χ1v) is 35.5. The fourth-order valence-corrected chi connectivity index (χ4v) is 13.6. The number of likely N-dealkylation sites (N-methyl/N-ethyl adjacent to an activating group) is 1. The van der Waals surface area contributed by atoms with Crippen molar-refractivity contribution in [2.75, 3.05) is 72.5 Å². The van der Waals surface area contributed by atoms with Crippen molar-refractivity contribution in [1.29, 1.82) is 0 Å². The summed E-state index contributed by atoms with van der Waals surface area (Å²) in [4.78, 5) is 42.0. The van der Waals surface area contributed by atoms with Gasteiger partial charge in [0.25, 0.3) is 0 Å². The molecular formula is C81H100F3N13. The largest absolute Gasteiger partial charge is 0.316 e. The molecule has 0 aliphatic carbocycles. The summed E-state index contributed by atoms with van der Waals surface area (Å²) in [6, 6.07) is 47.9. The predicted molar refractivity (Wildman–Crippen MR) is 386 cm³/mol. The van der Waals surface area contributed by atoms with E-state index in [0.717, 1.165) is 200 Å². The minimum atomic E-state index is -0.537. The predicted octanol–water partition coefficient (Wildman–Crippen LogP) is 14.5. The van der Waals surface area contributed by atoms with Gasteiger partial charge in [0.2, 0.25) is 0 Å². The van der Waals surface area contributed by atoms with E-state index in [1.165, 1.54) is 58.9 Å². The molecule has 9 aromatic rings. The summed E-state index contributed by atoms with van der Waals surface area (Å²) < 4.78 is 40.2. The molecule has 3 aliphatic heterocycles. The van der Waals surface area contributed by atoms with Crippen molar-refractivity contribution in [2.45, 2.75) is 136 Å². The van der Waals surface area contributed by atoms with E-state index in [0.29, 0.717) is 36.4 Å². The second kappa shape index (κ2) is 37.7. The van der Waals surface area contributed by atoms with Crippen LogP contribution < -0.4 is 10.6 Å². The van der Waals surface area contributed by atoms with Gasteiger partial charge in [0.05, 0.1) is 17.1 Å². The number of hydrogen-bond acceptors (Lipinski definition) is 13. The molecule has 0 spiro atoms. The van der Waals surface area contributed by atoms with E-state index in [2.05, 4.69) is 170 Å². The number of halogens is 3. The molecule has 3 aliphatic rings. The number of piperidine rings is 1. The molecule has 0 bridgehead atoms. The third-order valence-electron chi connectivity index (χ3n) is 18.9. The van der Waals surface area contributed by atoms with Gasteiger partial charge in [0.1, 0.15) is 34.9 Å². The highest BCUT2D eigenvalue weighted by Gasteiger charge is 2.26. The number of piperazine rings is 2. The summed E-state index contributed by atoms with van der Waals surface area (Å²) in [5.41, 5.74) is 13.2. The maximum absolute atomic E-state index is 13.4. The Morgan fingerprint density at radius 1 is 0.505 bits per heavy atom. The van der Waals surface area contributed by atoms with Crippen molar-refractivity contribution in [1.82, 2.24) is 65.1 Å². The van der Waals surface area contributed by atoms with Crippen molar-refractivity contribution < 1.29 is 13.2 Å². The van der Waals surface area contributed by atoms with Crippen molar-refractivity contribution in [3.05, 3.63) is 245 Å². The number of hydrogen-bond donors (Lipinski definition) is 2. The second-order valence-electron chi connectivity index (χ2n) is 26.8. The topological polar surface area (TPSA) is 127 Å². The van der Waals surface area contributed by atoms with Gasteiger partial charge < -0.3 is 15.5 Å². The number of benzene rings is 5. The molecule has 0 saturated carbocycles. The SMILES string of the molecule is CC(C)C1CNCCN1Cc1cccc(-c2ccnc(CCCc3ccncc3)n2)c1.CCC1CN(C)CCN1Cc1cccc(-c2ccnc(CCCc3cc(F)cc(F)c3)n2)c1.CCN(Cc1cccc(-c2ccnc(CCCc3cccc(F)c3)n2)c1)C[C@H]1CCCNC1. The number of aryl methyl sites for hydroxylation is 6. The molecule has 0 radical (unpaired) electrons. The van der Waals surface area contributed by atoms with Crippen LogP contribution in [0.1, 0.15) is 117 Å². The molecular weight excluding hydrogens is 1210 g/mol. The highest BCUT2D eigenvalue weighted by atomic mass is 19.1. The van der Waals surface area contributed by atoms with Crippen LogP contribution in [-0.4, -0.2) is 139 Å². The maximum atomic E-state index is 13.4. The zero-order valence-electron chi connectivity index (χ0n) is 57.8. The number of aromatic nitrogens is 7. The zero-order valence-corrected chi connectivity index (χ0v) is 57.8. The van der Waals surface area contributed by atoms with Crippen molar-refractivity contribution in [2.24, 2.45) is 11.8 Å². The van der Waals surface area contributed by atoms with Gasteiger partial charge in [-0.3, -0.25) is 19.7 Å². The highest BCUT2D eigenvalue weighted by molar-refractivity contribution is 5.61. The standard InChI is InChI=1S/C28H35FN4.C27H32F2N4.C26H33N5/c1-2-33(21-24-10-6-15-30-19-24)20-23-9-3-11-25(17-23)27-14-16-31-28(32-27)13-5-8-22-7-4-12-26(29)18-22;1-3-25-19-32(2)12-13-33(25)18-21-7-4-8-22(14-21)26-10-11-30-27(31-26)9-5-6-20-15-23(28)17-24(29)16-20;1-20(2)25-18-28-15-16-31(25)19-22-6-3-7-23(17-22)24-11-14-29-26(30-24)8-4-5-21-9-12-27-13-10-21/h3-4,7,9,11-12,14,16-18,24,30H,2,5-6,8,10,13,15,19-21H2,1H3;4,7-8,10-11,14-17,25H,3,5-6,9,12-13,18-19H2,1-2H3;3,6-7,9-14,17,20,25,28H,4-5,8,15-16,18-19H2,1-2H3/t24-;;/m0../s1. The van der Waals surface area contributed by atoms with Gasteiger partial charge in [-0.1, -0.05) is 94.4 Å². The Bertz CT molecular complexity index is 3810. The lowest BCUT2D eigenvalue weighted by Crippen LogP contribution is -2.52. The number of nitrogens with one attached hydrogen (secondary N) is 2. The van der Waals surface area contributed by atoms with Crippen LogP contribution in [0.25, 0.3) is 33.8 Å². The van der Waals surface area contributed by atoms with E-state index in [1.54, 1.807) is 18.3 Å². The average molecular weight is 1310 g/mol. The van der Waals surface area contributed by atoms with Crippen molar-refractivity contribution >= 4 is 0 Å². The third-order valence-corrected chi connectivity index (χ3v) is 18.9. The smallest absolute Gasteiger partial charge is 0.128 e. The normalized spacial score (nSPS) is 16.9. The third kappa shape index (κ3) is 23.1. The lowest BCUT2D eigenvalue weighted by atomic mass is 9.98. The van der Waals surface area contributed by atoms with Crippen molar-refractivity contribution in [3.63, 3.8) is 0 Å². The minimum absolute atomic E-state index is 0.178. The minimum Gasteiger partial charge on any atom is -0.316 e. The van der Waals surface area contributed by atoms with E-state index in [4.69, 9.17) is 15.0 Å². The lowest BCUT2D eigenvalue weighted by Gasteiger charge is -2.39. The number of pyridine rings is 1. The number of rotatable bonds is 26. The first kappa shape index (κ1) is 71.8. The van der Waals surface area contributed by atoms with Crippen LogP contribution >= 0.6 is 0 Å². The molecule has 16 heteroatoms. The molecule has 3 atom stereocenters. The number of nitrogens with zero attached hydrogens (tertiary/aromatic N) is 11. The van der Waals surface area contributed by atoms with Crippen LogP contribution in [0.3, 0.4) is 0 Å². The molecule has 0 amide bonds. The summed E-state index contributed by atoms with van der Waals surface area (Å²) in [6.07, 6.45) is 20.4. The zero-order chi connectivity index (χ0) is 67.6. The molecule has 97 heavy (non-hydrogen) atoms.